The average Bonchev–Trinajstić information content (AvgIpc) is 2.75. The zero-order valence-electron chi connectivity index (χ0n) is 11.8. The SMILES string of the molecule is CCC(OC)c1ccc(-n2c(O)cc(SC)c2O)cc1. The van der Waals surface area contributed by atoms with Crippen molar-refractivity contribution in [2.75, 3.05) is 13.4 Å². The van der Waals surface area contributed by atoms with E-state index in [0.717, 1.165) is 17.7 Å². The van der Waals surface area contributed by atoms with Crippen molar-refractivity contribution in [2.45, 2.75) is 24.3 Å². The van der Waals surface area contributed by atoms with Crippen LogP contribution in [0.15, 0.2) is 35.2 Å². The number of hydrogen-bond donors (Lipinski definition) is 2. The lowest BCUT2D eigenvalue weighted by molar-refractivity contribution is 0.100. The maximum absolute atomic E-state index is 10.1. The van der Waals surface area contributed by atoms with Gasteiger partial charge in [-0.2, -0.15) is 0 Å². The van der Waals surface area contributed by atoms with E-state index in [1.807, 2.05) is 30.5 Å². The van der Waals surface area contributed by atoms with Crippen LogP contribution >= 0.6 is 11.8 Å². The number of benzene rings is 1. The maximum atomic E-state index is 10.1. The van der Waals surface area contributed by atoms with Crippen molar-refractivity contribution in [3.63, 3.8) is 0 Å². The fourth-order valence-electron chi connectivity index (χ4n) is 2.25. The highest BCUT2D eigenvalue weighted by Gasteiger charge is 2.15. The number of aromatic hydroxyl groups is 2. The van der Waals surface area contributed by atoms with E-state index in [9.17, 15) is 10.2 Å². The van der Waals surface area contributed by atoms with Crippen LogP contribution in [0.4, 0.5) is 0 Å². The number of methoxy groups -OCH3 is 1. The van der Waals surface area contributed by atoms with E-state index in [1.54, 1.807) is 13.2 Å². The molecule has 0 saturated carbocycles. The molecule has 0 aliphatic heterocycles. The van der Waals surface area contributed by atoms with Crippen LogP contribution in [0.1, 0.15) is 25.0 Å². The van der Waals surface area contributed by atoms with Crippen molar-refractivity contribution in [3.05, 3.63) is 35.9 Å². The molecule has 2 N–H and O–H groups in total. The lowest BCUT2D eigenvalue weighted by Gasteiger charge is -2.14. The highest BCUT2D eigenvalue weighted by molar-refractivity contribution is 7.98. The summed E-state index contributed by atoms with van der Waals surface area (Å²) < 4.78 is 6.81. The van der Waals surface area contributed by atoms with Gasteiger partial charge in [0.15, 0.2) is 5.88 Å². The van der Waals surface area contributed by atoms with Crippen LogP contribution in [0.3, 0.4) is 0 Å². The van der Waals surface area contributed by atoms with Crippen LogP contribution in [-0.2, 0) is 4.74 Å². The summed E-state index contributed by atoms with van der Waals surface area (Å²) in [4.78, 5) is 0.648. The molecule has 1 aromatic carbocycles. The Morgan fingerprint density at radius 2 is 1.90 bits per heavy atom. The Balaban J connectivity index is 2.37. The first-order chi connectivity index (χ1) is 9.62. The molecule has 0 aliphatic rings. The van der Waals surface area contributed by atoms with Gasteiger partial charge in [0.05, 0.1) is 16.7 Å². The van der Waals surface area contributed by atoms with Gasteiger partial charge in [0.2, 0.25) is 5.88 Å². The molecule has 0 amide bonds. The molecular formula is C15H19NO3S. The first kappa shape index (κ1) is 14.8. The van der Waals surface area contributed by atoms with Gasteiger partial charge in [-0.15, -0.1) is 11.8 Å². The smallest absolute Gasteiger partial charge is 0.212 e. The van der Waals surface area contributed by atoms with E-state index < -0.39 is 0 Å². The number of hydrogen-bond acceptors (Lipinski definition) is 4. The highest BCUT2D eigenvalue weighted by atomic mass is 32.2. The zero-order chi connectivity index (χ0) is 14.7. The molecule has 0 spiro atoms. The van der Waals surface area contributed by atoms with Crippen molar-refractivity contribution in [3.8, 4) is 17.4 Å². The quantitative estimate of drug-likeness (QED) is 0.825. The molecule has 2 aromatic rings. The fraction of sp³-hybridized carbons (Fsp3) is 0.333. The van der Waals surface area contributed by atoms with Gasteiger partial charge in [-0.25, -0.2) is 0 Å². The maximum Gasteiger partial charge on any atom is 0.212 e. The number of ether oxygens (including phenoxy) is 1. The van der Waals surface area contributed by atoms with E-state index in [0.29, 0.717) is 4.90 Å². The third-order valence-corrected chi connectivity index (χ3v) is 4.06. The molecule has 0 radical (unpaired) electrons. The minimum absolute atomic E-state index is 0.0263. The van der Waals surface area contributed by atoms with Crippen LogP contribution in [0.5, 0.6) is 11.8 Å². The van der Waals surface area contributed by atoms with Crippen LogP contribution < -0.4 is 0 Å². The van der Waals surface area contributed by atoms with E-state index in [-0.39, 0.29) is 17.9 Å². The predicted octanol–water partition coefficient (Wildman–Crippen LogP) is 3.71. The van der Waals surface area contributed by atoms with Crippen molar-refractivity contribution in [2.24, 2.45) is 0 Å². The zero-order valence-corrected chi connectivity index (χ0v) is 12.6. The monoisotopic (exact) mass is 293 g/mol. The van der Waals surface area contributed by atoms with Crippen LogP contribution in [0, 0.1) is 0 Å². The lowest BCUT2D eigenvalue weighted by Crippen LogP contribution is -2.00. The van der Waals surface area contributed by atoms with Crippen LogP contribution in [0.25, 0.3) is 5.69 Å². The minimum atomic E-state index is 0.0263. The second-order valence-electron chi connectivity index (χ2n) is 4.45. The van der Waals surface area contributed by atoms with Gasteiger partial charge in [0, 0.05) is 13.2 Å². The van der Waals surface area contributed by atoms with Gasteiger partial charge in [-0.1, -0.05) is 19.1 Å². The molecule has 1 atom stereocenters. The summed E-state index contributed by atoms with van der Waals surface area (Å²) in [5.41, 5.74) is 1.80. The van der Waals surface area contributed by atoms with Gasteiger partial charge in [-0.05, 0) is 30.4 Å². The average molecular weight is 293 g/mol. The molecule has 0 fully saturated rings. The van der Waals surface area contributed by atoms with E-state index in [2.05, 4.69) is 6.92 Å². The summed E-state index contributed by atoms with van der Waals surface area (Å²) in [5.74, 6) is 0.0833. The molecule has 108 valence electrons. The third-order valence-electron chi connectivity index (χ3n) is 3.32. The molecule has 1 unspecified atom stereocenters. The summed E-state index contributed by atoms with van der Waals surface area (Å²) in [5, 5.41) is 20.0. The standard InChI is InChI=1S/C15H19NO3S/c1-4-12(19-2)10-5-7-11(8-6-10)16-14(17)9-13(20-3)15(16)18/h5-9,12,17-18H,4H2,1-3H3. The topological polar surface area (TPSA) is 54.6 Å². The second kappa shape index (κ2) is 6.24. The largest absolute Gasteiger partial charge is 0.494 e. The normalized spacial score (nSPS) is 12.6. The summed E-state index contributed by atoms with van der Waals surface area (Å²) in [6, 6.07) is 9.17. The molecule has 2 rings (SSSR count). The van der Waals surface area contributed by atoms with Crippen LogP contribution in [0.2, 0.25) is 0 Å². The van der Waals surface area contributed by atoms with E-state index in [4.69, 9.17) is 4.74 Å². The van der Waals surface area contributed by atoms with Gasteiger partial charge in [0.1, 0.15) is 0 Å². The first-order valence-electron chi connectivity index (χ1n) is 6.43. The van der Waals surface area contributed by atoms with Gasteiger partial charge < -0.3 is 14.9 Å². The van der Waals surface area contributed by atoms with Gasteiger partial charge in [-0.3, -0.25) is 4.57 Å². The summed E-state index contributed by atoms with van der Waals surface area (Å²) in [6.07, 6.45) is 2.82. The first-order valence-corrected chi connectivity index (χ1v) is 7.65. The molecule has 5 heteroatoms. The minimum Gasteiger partial charge on any atom is -0.494 e. The molecule has 1 aromatic heterocycles. The van der Waals surface area contributed by atoms with Crippen LogP contribution in [-0.4, -0.2) is 28.1 Å². The number of aromatic nitrogens is 1. The second-order valence-corrected chi connectivity index (χ2v) is 5.30. The molecular weight excluding hydrogens is 274 g/mol. The summed E-state index contributed by atoms with van der Waals surface area (Å²) in [6.45, 7) is 2.07. The highest BCUT2D eigenvalue weighted by Crippen LogP contribution is 2.37. The molecule has 0 saturated heterocycles. The molecule has 0 bridgehead atoms. The summed E-state index contributed by atoms with van der Waals surface area (Å²) in [7, 11) is 1.69. The number of thioether (sulfide) groups is 1. The Bertz CT molecular complexity index is 574. The Kier molecular flexibility index (Phi) is 4.62. The predicted molar refractivity (Wildman–Crippen MR) is 80.9 cm³/mol. The molecule has 4 nitrogen and oxygen atoms in total. The Morgan fingerprint density at radius 1 is 1.25 bits per heavy atom. The number of rotatable bonds is 5. The molecule has 0 aliphatic carbocycles. The van der Waals surface area contributed by atoms with Gasteiger partial charge >= 0.3 is 0 Å². The lowest BCUT2D eigenvalue weighted by atomic mass is 10.1. The van der Waals surface area contributed by atoms with Crippen molar-refractivity contribution < 1.29 is 14.9 Å². The molecule has 20 heavy (non-hydrogen) atoms. The Hall–Kier alpha value is -1.59. The summed E-state index contributed by atoms with van der Waals surface area (Å²) >= 11 is 1.39. The molecule has 1 heterocycles. The van der Waals surface area contributed by atoms with Crippen molar-refractivity contribution >= 4 is 11.8 Å². The fourth-order valence-corrected chi connectivity index (χ4v) is 2.74. The number of nitrogens with zero attached hydrogens (tertiary/aromatic N) is 1. The van der Waals surface area contributed by atoms with E-state index >= 15 is 0 Å². The van der Waals surface area contributed by atoms with E-state index in [1.165, 1.54) is 16.3 Å². The Labute approximate surface area is 123 Å². The third kappa shape index (κ3) is 2.64. The van der Waals surface area contributed by atoms with Crippen molar-refractivity contribution in [1.82, 2.24) is 4.57 Å². The van der Waals surface area contributed by atoms with Crippen molar-refractivity contribution in [1.29, 1.82) is 0 Å². The Morgan fingerprint density at radius 3 is 2.35 bits per heavy atom. The van der Waals surface area contributed by atoms with Gasteiger partial charge in [0.25, 0.3) is 0 Å².